The third kappa shape index (κ3) is 3.50. The number of rotatable bonds is 3. The monoisotopic (exact) mass is 357 g/mol. The number of halogens is 1. The predicted molar refractivity (Wildman–Crippen MR) is 92.6 cm³/mol. The summed E-state index contributed by atoms with van der Waals surface area (Å²) in [6.07, 6.45) is 0. The van der Waals surface area contributed by atoms with E-state index in [-0.39, 0.29) is 16.7 Å². The lowest BCUT2D eigenvalue weighted by molar-refractivity contribution is -0.116. The fourth-order valence-electron chi connectivity index (χ4n) is 2.04. The Morgan fingerprint density at radius 3 is 2.38 bits per heavy atom. The number of amides is 1. The van der Waals surface area contributed by atoms with Crippen LogP contribution in [0.4, 0.5) is 0 Å². The molecule has 7 heteroatoms. The van der Waals surface area contributed by atoms with Gasteiger partial charge in [-0.25, -0.2) is 4.68 Å². The van der Waals surface area contributed by atoms with Crippen molar-refractivity contribution in [1.29, 1.82) is 0 Å². The highest BCUT2D eigenvalue weighted by Crippen LogP contribution is 2.15. The smallest absolute Gasteiger partial charge is 0.245 e. The Kier molecular flexibility index (Phi) is 4.69. The van der Waals surface area contributed by atoms with Crippen molar-refractivity contribution in [1.82, 2.24) is 9.78 Å². The van der Waals surface area contributed by atoms with Crippen LogP contribution in [0.2, 0.25) is 5.02 Å². The Morgan fingerprint density at radius 1 is 1.08 bits per heavy atom. The molecule has 24 heavy (non-hydrogen) atoms. The van der Waals surface area contributed by atoms with Crippen LogP contribution in [0.3, 0.4) is 0 Å². The molecule has 3 rings (SSSR count). The Bertz CT molecular complexity index is 960. The zero-order valence-electron chi connectivity index (χ0n) is 12.6. The summed E-state index contributed by atoms with van der Waals surface area (Å²) in [5.74, 6) is -0.597. The molecular formula is C17H12ClN3O2S. The second-order valence-corrected chi connectivity index (χ2v) is 6.30. The number of aromatic nitrogens is 2. The number of carbonyl (C=O) groups excluding carboxylic acids is 2. The van der Waals surface area contributed by atoms with Crippen molar-refractivity contribution in [2.24, 2.45) is 4.99 Å². The summed E-state index contributed by atoms with van der Waals surface area (Å²) < 4.78 is 1.50. The predicted octanol–water partition coefficient (Wildman–Crippen LogP) is 3.27. The van der Waals surface area contributed by atoms with Crippen molar-refractivity contribution in [3.63, 3.8) is 0 Å². The molecule has 0 spiro atoms. The van der Waals surface area contributed by atoms with E-state index in [0.29, 0.717) is 15.4 Å². The van der Waals surface area contributed by atoms with Crippen LogP contribution in [0.15, 0.2) is 59.6 Å². The van der Waals surface area contributed by atoms with Gasteiger partial charge in [-0.3, -0.25) is 9.59 Å². The van der Waals surface area contributed by atoms with Gasteiger partial charge in [-0.2, -0.15) is 10.1 Å². The van der Waals surface area contributed by atoms with Crippen molar-refractivity contribution in [2.75, 3.05) is 0 Å². The Morgan fingerprint density at radius 2 is 1.75 bits per heavy atom. The molecule has 3 aromatic rings. The Hall–Kier alpha value is -2.57. The minimum atomic E-state index is -0.353. The van der Waals surface area contributed by atoms with E-state index in [1.807, 2.05) is 30.3 Å². The number of hydrogen-bond acceptors (Lipinski definition) is 4. The minimum Gasteiger partial charge on any atom is -0.286 e. The second kappa shape index (κ2) is 6.90. The molecule has 0 N–H and O–H groups in total. The average molecular weight is 358 g/mol. The van der Waals surface area contributed by atoms with Crippen molar-refractivity contribution in [2.45, 2.75) is 6.92 Å². The number of benzene rings is 2. The highest BCUT2D eigenvalue weighted by Gasteiger charge is 2.16. The summed E-state index contributed by atoms with van der Waals surface area (Å²) in [6.45, 7) is 1.36. The number of hydrogen-bond donors (Lipinski definition) is 0. The van der Waals surface area contributed by atoms with E-state index in [1.54, 1.807) is 24.3 Å². The molecule has 0 fully saturated rings. The van der Waals surface area contributed by atoms with Crippen LogP contribution in [0.25, 0.3) is 5.69 Å². The zero-order valence-corrected chi connectivity index (χ0v) is 14.2. The van der Waals surface area contributed by atoms with Gasteiger partial charge in [0, 0.05) is 17.5 Å². The molecule has 0 saturated heterocycles. The molecule has 0 atom stereocenters. The Balaban J connectivity index is 2.10. The first-order valence-corrected chi connectivity index (χ1v) is 8.25. The van der Waals surface area contributed by atoms with E-state index < -0.39 is 0 Å². The SMILES string of the molecule is CC(=O)N=c1sc(C(=O)c2ccc(Cl)cc2)nn1-c1ccccc1. The third-order valence-electron chi connectivity index (χ3n) is 3.11. The number of para-hydroxylation sites is 1. The summed E-state index contributed by atoms with van der Waals surface area (Å²) in [5, 5.41) is 5.14. The fourth-order valence-corrected chi connectivity index (χ4v) is 3.08. The first-order valence-electron chi connectivity index (χ1n) is 7.06. The maximum Gasteiger partial charge on any atom is 0.245 e. The van der Waals surface area contributed by atoms with Gasteiger partial charge in [0.2, 0.25) is 16.5 Å². The van der Waals surface area contributed by atoms with E-state index in [4.69, 9.17) is 11.6 Å². The van der Waals surface area contributed by atoms with Gasteiger partial charge < -0.3 is 0 Å². The third-order valence-corrected chi connectivity index (χ3v) is 4.27. The van der Waals surface area contributed by atoms with Gasteiger partial charge in [-0.1, -0.05) is 41.1 Å². The lowest BCUT2D eigenvalue weighted by Crippen LogP contribution is -2.15. The number of carbonyl (C=O) groups is 2. The molecule has 1 aromatic heterocycles. The number of nitrogens with zero attached hydrogens (tertiary/aromatic N) is 3. The second-order valence-electron chi connectivity index (χ2n) is 4.90. The summed E-state index contributed by atoms with van der Waals surface area (Å²) >= 11 is 6.92. The molecule has 1 heterocycles. The molecule has 1 amide bonds. The molecule has 5 nitrogen and oxygen atoms in total. The van der Waals surface area contributed by atoms with Crippen molar-refractivity contribution in [3.05, 3.63) is 75.0 Å². The van der Waals surface area contributed by atoms with Crippen LogP contribution in [-0.4, -0.2) is 21.5 Å². The highest BCUT2D eigenvalue weighted by atomic mass is 35.5. The van der Waals surface area contributed by atoms with E-state index >= 15 is 0 Å². The van der Waals surface area contributed by atoms with E-state index in [0.717, 1.165) is 17.0 Å². The molecule has 0 radical (unpaired) electrons. The normalized spacial score (nSPS) is 11.5. The Labute approximate surface area is 146 Å². The quantitative estimate of drug-likeness (QED) is 0.676. The van der Waals surface area contributed by atoms with Crippen LogP contribution in [-0.2, 0) is 4.79 Å². The van der Waals surface area contributed by atoms with Crippen LogP contribution >= 0.6 is 22.9 Å². The maximum atomic E-state index is 12.6. The van der Waals surface area contributed by atoms with Gasteiger partial charge in [-0.15, -0.1) is 0 Å². The minimum absolute atomic E-state index is 0.244. The first kappa shape index (κ1) is 16.3. The fraction of sp³-hybridized carbons (Fsp3) is 0.0588. The maximum absolute atomic E-state index is 12.6. The van der Waals surface area contributed by atoms with Crippen LogP contribution in [0.1, 0.15) is 22.3 Å². The summed E-state index contributed by atoms with van der Waals surface area (Å²) in [5.41, 5.74) is 1.20. The standard InChI is InChI=1S/C17H12ClN3O2S/c1-11(22)19-17-21(14-5-3-2-4-6-14)20-16(24-17)15(23)12-7-9-13(18)10-8-12/h2-10H,1H3. The van der Waals surface area contributed by atoms with Gasteiger partial charge in [0.15, 0.2) is 5.01 Å². The molecule has 0 aliphatic heterocycles. The molecule has 0 saturated carbocycles. The van der Waals surface area contributed by atoms with E-state index in [2.05, 4.69) is 10.1 Å². The van der Waals surface area contributed by atoms with Gasteiger partial charge in [0.1, 0.15) is 0 Å². The van der Waals surface area contributed by atoms with Crippen LogP contribution in [0, 0.1) is 0 Å². The number of ketones is 1. The van der Waals surface area contributed by atoms with Crippen LogP contribution < -0.4 is 4.80 Å². The molecule has 0 unspecified atom stereocenters. The average Bonchev–Trinajstić information content (AvgIpc) is 2.99. The lowest BCUT2D eigenvalue weighted by atomic mass is 10.1. The van der Waals surface area contributed by atoms with Crippen molar-refractivity contribution < 1.29 is 9.59 Å². The zero-order chi connectivity index (χ0) is 17.1. The molecular weight excluding hydrogens is 346 g/mol. The summed E-state index contributed by atoms with van der Waals surface area (Å²) in [6, 6.07) is 15.8. The molecule has 2 aromatic carbocycles. The lowest BCUT2D eigenvalue weighted by Gasteiger charge is -2.00. The van der Waals surface area contributed by atoms with Gasteiger partial charge in [-0.05, 0) is 36.4 Å². The van der Waals surface area contributed by atoms with Gasteiger partial charge in [0.25, 0.3) is 0 Å². The first-order chi connectivity index (χ1) is 11.5. The van der Waals surface area contributed by atoms with Crippen molar-refractivity contribution >= 4 is 34.6 Å². The van der Waals surface area contributed by atoms with Crippen LogP contribution in [0.5, 0.6) is 0 Å². The van der Waals surface area contributed by atoms with Crippen molar-refractivity contribution in [3.8, 4) is 5.69 Å². The molecule has 0 aliphatic carbocycles. The van der Waals surface area contributed by atoms with E-state index in [1.165, 1.54) is 11.6 Å². The molecule has 0 bridgehead atoms. The van der Waals surface area contributed by atoms with Gasteiger partial charge >= 0.3 is 0 Å². The largest absolute Gasteiger partial charge is 0.286 e. The topological polar surface area (TPSA) is 64.3 Å². The summed E-state index contributed by atoms with van der Waals surface area (Å²) in [7, 11) is 0. The van der Waals surface area contributed by atoms with E-state index in [9.17, 15) is 9.59 Å². The molecule has 0 aliphatic rings. The highest BCUT2D eigenvalue weighted by molar-refractivity contribution is 7.11. The van der Waals surface area contributed by atoms with Gasteiger partial charge in [0.05, 0.1) is 5.69 Å². The molecule has 120 valence electrons. The summed E-state index contributed by atoms with van der Waals surface area (Å²) in [4.78, 5) is 28.3.